The van der Waals surface area contributed by atoms with Crippen LogP contribution >= 0.6 is 0 Å². The lowest BCUT2D eigenvalue weighted by atomic mass is 9.88. The molecule has 14 nitrogen and oxygen atoms in total. The molecular weight excluding hydrogens is 697 g/mol. The largest absolute Gasteiger partial charge is 0.478 e. The number of carbonyl (C=O) groups excluding carboxylic acids is 3. The van der Waals surface area contributed by atoms with Crippen LogP contribution in [0.5, 0.6) is 11.8 Å². The maximum atomic E-state index is 14.4. The normalized spacial score (nSPS) is 30.8. The van der Waals surface area contributed by atoms with Crippen molar-refractivity contribution in [3.63, 3.8) is 0 Å². The minimum Gasteiger partial charge on any atom is -0.478 e. The summed E-state index contributed by atoms with van der Waals surface area (Å²) in [6.45, 7) is 4.72. The molecule has 0 radical (unpaired) electrons. The number of alkyl halides is 1. The summed E-state index contributed by atoms with van der Waals surface area (Å²) in [6.07, 6.45) is 3.50. The predicted octanol–water partition coefficient (Wildman–Crippen LogP) is 3.45. The van der Waals surface area contributed by atoms with Gasteiger partial charge < -0.3 is 30.1 Å². The fourth-order valence-electron chi connectivity index (χ4n) is 7.50. The zero-order chi connectivity index (χ0) is 37.4. The van der Waals surface area contributed by atoms with Crippen LogP contribution in [0.15, 0.2) is 42.5 Å². The second-order valence-corrected chi connectivity index (χ2v) is 16.8. The van der Waals surface area contributed by atoms with Gasteiger partial charge in [-0.05, 0) is 68.7 Å². The van der Waals surface area contributed by atoms with E-state index in [1.54, 1.807) is 19.1 Å². The Morgan fingerprint density at radius 3 is 2.62 bits per heavy atom. The number of amides is 4. The van der Waals surface area contributed by atoms with Gasteiger partial charge in [-0.1, -0.05) is 44.2 Å². The Morgan fingerprint density at radius 1 is 1.17 bits per heavy atom. The van der Waals surface area contributed by atoms with Gasteiger partial charge in [-0.25, -0.2) is 17.6 Å². The van der Waals surface area contributed by atoms with Gasteiger partial charge in [-0.3, -0.25) is 19.1 Å². The van der Waals surface area contributed by atoms with Crippen molar-refractivity contribution in [2.45, 2.75) is 94.2 Å². The molecule has 2 aromatic rings. The van der Waals surface area contributed by atoms with E-state index >= 15 is 0 Å². The highest BCUT2D eigenvalue weighted by molar-refractivity contribution is 7.91. The molecule has 0 unspecified atom stereocenters. The molecule has 3 fully saturated rings. The Labute approximate surface area is 301 Å². The van der Waals surface area contributed by atoms with E-state index in [0.717, 1.165) is 5.39 Å². The molecular formula is C36H46FN5O9S. The second kappa shape index (κ2) is 14.5. The van der Waals surface area contributed by atoms with Crippen LogP contribution in [0.1, 0.15) is 65.7 Å². The van der Waals surface area contributed by atoms with Crippen molar-refractivity contribution in [3.8, 4) is 11.8 Å². The van der Waals surface area contributed by atoms with Crippen LogP contribution in [0.2, 0.25) is 0 Å². The average molecular weight is 744 g/mol. The number of nitrogens with one attached hydrogen (secondary N) is 3. The first-order valence-corrected chi connectivity index (χ1v) is 19.3. The number of benzene rings is 1. The highest BCUT2D eigenvalue weighted by Gasteiger charge is 2.64. The molecule has 1 aromatic carbocycles. The van der Waals surface area contributed by atoms with Gasteiger partial charge in [0.25, 0.3) is 5.91 Å². The molecule has 0 spiro atoms. The van der Waals surface area contributed by atoms with Gasteiger partial charge >= 0.3 is 6.09 Å². The van der Waals surface area contributed by atoms with E-state index in [4.69, 9.17) is 9.47 Å². The van der Waals surface area contributed by atoms with E-state index < -0.39 is 80.8 Å². The van der Waals surface area contributed by atoms with E-state index in [2.05, 4.69) is 20.3 Å². The molecule has 282 valence electrons. The summed E-state index contributed by atoms with van der Waals surface area (Å²) in [6, 6.07) is 6.73. The molecule has 6 rings (SSSR count). The maximum Gasteiger partial charge on any atom is 0.405 e. The van der Waals surface area contributed by atoms with Crippen molar-refractivity contribution in [2.24, 2.45) is 17.8 Å². The summed E-state index contributed by atoms with van der Waals surface area (Å²) in [5.41, 5.74) is -1.66. The van der Waals surface area contributed by atoms with E-state index in [-0.39, 0.29) is 44.0 Å². The average Bonchev–Trinajstić information content (AvgIpc) is 4.00. The topological polar surface area (TPSA) is 193 Å². The van der Waals surface area contributed by atoms with E-state index in [1.165, 1.54) is 4.90 Å². The Morgan fingerprint density at radius 2 is 1.92 bits per heavy atom. The van der Waals surface area contributed by atoms with Crippen LogP contribution in [0, 0.1) is 17.8 Å². The Hall–Kier alpha value is -4.47. The maximum absolute atomic E-state index is 14.4. The molecule has 4 aliphatic rings. The second-order valence-electron chi connectivity index (χ2n) is 14.7. The molecule has 2 aliphatic heterocycles. The molecule has 16 heteroatoms. The zero-order valence-corrected chi connectivity index (χ0v) is 30.3. The lowest BCUT2D eigenvalue weighted by molar-refractivity contribution is -0.142. The third-order valence-electron chi connectivity index (χ3n) is 10.8. The van der Waals surface area contributed by atoms with Gasteiger partial charge in [0, 0.05) is 23.8 Å². The third-order valence-corrected chi connectivity index (χ3v) is 12.9. The third kappa shape index (κ3) is 7.39. The smallest absolute Gasteiger partial charge is 0.405 e. The quantitative estimate of drug-likeness (QED) is 0.277. The van der Waals surface area contributed by atoms with Crippen LogP contribution in [0.3, 0.4) is 0 Å². The molecule has 1 aromatic heterocycles. The number of fused-ring (bicyclic) bond motifs is 3. The number of carbonyl (C=O) groups is 4. The van der Waals surface area contributed by atoms with Crippen molar-refractivity contribution in [1.29, 1.82) is 0 Å². The van der Waals surface area contributed by atoms with Crippen LogP contribution in [-0.2, 0) is 24.4 Å². The summed E-state index contributed by atoms with van der Waals surface area (Å²) < 4.78 is 52.4. The first-order chi connectivity index (χ1) is 24.7. The summed E-state index contributed by atoms with van der Waals surface area (Å²) in [5, 5.41) is 16.4. The number of aromatic nitrogens is 1. The minimum absolute atomic E-state index is 0.0432. The highest BCUT2D eigenvalue weighted by atomic mass is 32.2. The number of halogens is 1. The van der Waals surface area contributed by atoms with Gasteiger partial charge in [0.15, 0.2) is 0 Å². The molecule has 1 saturated heterocycles. The summed E-state index contributed by atoms with van der Waals surface area (Å²) in [5.74, 6) is -2.70. The first kappa shape index (κ1) is 37.3. The van der Waals surface area contributed by atoms with Gasteiger partial charge in [0.05, 0.1) is 13.2 Å². The lowest BCUT2D eigenvalue weighted by Crippen LogP contribution is -2.59. The van der Waals surface area contributed by atoms with Crippen molar-refractivity contribution in [2.75, 3.05) is 19.8 Å². The number of sulfonamides is 1. The summed E-state index contributed by atoms with van der Waals surface area (Å²) in [7, 11) is -4.39. The van der Waals surface area contributed by atoms with E-state index in [9.17, 15) is 37.1 Å². The molecule has 0 bridgehead atoms. The monoisotopic (exact) mass is 743 g/mol. The molecule has 3 heterocycles. The van der Waals surface area contributed by atoms with Crippen LogP contribution < -0.4 is 24.8 Å². The molecule has 52 heavy (non-hydrogen) atoms. The summed E-state index contributed by atoms with van der Waals surface area (Å²) >= 11 is 0. The number of nitrogens with zero attached hydrogens (tertiary/aromatic N) is 2. The van der Waals surface area contributed by atoms with Gasteiger partial charge in [0.1, 0.15) is 35.1 Å². The first-order valence-electron chi connectivity index (χ1n) is 17.8. The van der Waals surface area contributed by atoms with Crippen LogP contribution in [-0.4, -0.2) is 95.5 Å². The molecule has 4 amide bonds. The number of rotatable bonds is 9. The van der Waals surface area contributed by atoms with Crippen LogP contribution in [0.25, 0.3) is 10.8 Å². The highest BCUT2D eigenvalue weighted by Crippen LogP contribution is 2.48. The molecule has 2 aliphatic carbocycles. The Bertz CT molecular complexity index is 1870. The van der Waals surface area contributed by atoms with Crippen molar-refractivity contribution >= 4 is 44.6 Å². The Kier molecular flexibility index (Phi) is 10.4. The van der Waals surface area contributed by atoms with E-state index in [1.807, 2.05) is 44.2 Å². The number of pyridine rings is 1. The predicted molar refractivity (Wildman–Crippen MR) is 188 cm³/mol. The number of carboxylic acid groups (broad SMARTS) is 1. The fraction of sp³-hybridized carbons (Fsp3) is 0.583. The number of hydrogen-bond donors (Lipinski definition) is 4. The SMILES string of the molecule is CCOc1cc2ccccc2c(O[C@@H]2C[C@H]3C(=O)N[C@]4(C(=O)NS(=O)(=O)C5(CF)CC5)C[C@H]4/C=C\CC[C@@H](C)C[C@@H](C)[C@H](NC(=O)O)C(=O)N3C2)n1. The van der Waals surface area contributed by atoms with Crippen molar-refractivity contribution in [1.82, 2.24) is 25.2 Å². The standard InChI is InChI=1S/C36H46FN5O9S/c1-4-50-28-16-23-10-6-8-12-26(23)31(38-28)51-25-17-27-30(43)40-36(33(45)41-52(48,49)35(20-37)13-14-35)18-24(36)11-7-5-9-21(2)15-22(3)29(39-34(46)47)32(44)42(27)19-25/h6-8,10-12,16,21-22,24-25,27,29,39H,4-5,9,13-15,17-20H2,1-3H3,(H,40,43)(H,41,45)(H,46,47)/b11-7-/t21-,22-,24-,25-,27+,29+,36-/m1/s1. The van der Waals surface area contributed by atoms with Crippen molar-refractivity contribution in [3.05, 3.63) is 42.5 Å². The van der Waals surface area contributed by atoms with Crippen molar-refractivity contribution < 1.29 is 46.6 Å². The number of ether oxygens (including phenoxy) is 2. The van der Waals surface area contributed by atoms with Gasteiger partial charge in [-0.2, -0.15) is 4.98 Å². The van der Waals surface area contributed by atoms with Gasteiger partial charge in [-0.15, -0.1) is 0 Å². The Balaban J connectivity index is 1.35. The molecule has 7 atom stereocenters. The minimum atomic E-state index is -4.39. The van der Waals surface area contributed by atoms with Gasteiger partial charge in [0.2, 0.25) is 33.6 Å². The molecule has 2 saturated carbocycles. The summed E-state index contributed by atoms with van der Waals surface area (Å²) in [4.78, 5) is 60.3. The zero-order valence-electron chi connectivity index (χ0n) is 29.5. The number of hydrogen-bond acceptors (Lipinski definition) is 9. The lowest BCUT2D eigenvalue weighted by Gasteiger charge is -2.32. The number of allylic oxidation sites excluding steroid dienone is 1. The fourth-order valence-corrected chi connectivity index (χ4v) is 8.92. The van der Waals surface area contributed by atoms with Crippen LogP contribution in [0.4, 0.5) is 9.18 Å². The molecule has 4 N–H and O–H groups in total. The van der Waals surface area contributed by atoms with E-state index in [0.29, 0.717) is 37.1 Å².